The highest BCUT2D eigenvalue weighted by molar-refractivity contribution is 5.94. The standard InChI is InChI=1S/C21H16N6O2/c22-10-11-25-20(28)14-6-8-15(9-7-14)26-19-12-18(24)17(13-23)21(27-19)29-16-4-2-1-3-5-16/h1-9,12H,11H2,(H,25,28)(H3,24,26,27). The van der Waals surface area contributed by atoms with E-state index in [-0.39, 0.29) is 29.6 Å². The van der Waals surface area contributed by atoms with Gasteiger partial charge in [0.1, 0.15) is 29.7 Å². The molecule has 4 N–H and O–H groups in total. The van der Waals surface area contributed by atoms with Crippen molar-refractivity contribution < 1.29 is 9.53 Å². The molecule has 0 aliphatic carbocycles. The van der Waals surface area contributed by atoms with Crippen molar-refractivity contribution in [3.05, 3.63) is 71.8 Å². The van der Waals surface area contributed by atoms with Gasteiger partial charge in [0, 0.05) is 17.3 Å². The van der Waals surface area contributed by atoms with Crippen LogP contribution in [0.25, 0.3) is 0 Å². The van der Waals surface area contributed by atoms with Crippen LogP contribution in [0.15, 0.2) is 60.7 Å². The second-order valence-corrected chi connectivity index (χ2v) is 5.85. The van der Waals surface area contributed by atoms with E-state index in [1.807, 2.05) is 18.2 Å². The molecular formula is C21H16N6O2. The molecule has 29 heavy (non-hydrogen) atoms. The number of para-hydroxylation sites is 1. The number of nitrogens with two attached hydrogens (primary N) is 1. The molecular weight excluding hydrogens is 368 g/mol. The predicted molar refractivity (Wildman–Crippen MR) is 108 cm³/mol. The Morgan fingerprint density at radius 2 is 1.83 bits per heavy atom. The Balaban J connectivity index is 1.81. The van der Waals surface area contributed by atoms with Crippen LogP contribution in [0.5, 0.6) is 11.6 Å². The molecule has 0 aliphatic heterocycles. The highest BCUT2D eigenvalue weighted by Crippen LogP contribution is 2.30. The van der Waals surface area contributed by atoms with Crippen molar-refractivity contribution in [1.82, 2.24) is 10.3 Å². The van der Waals surface area contributed by atoms with Crippen LogP contribution in [0.1, 0.15) is 15.9 Å². The molecule has 0 atom stereocenters. The zero-order valence-corrected chi connectivity index (χ0v) is 15.2. The predicted octanol–water partition coefficient (Wildman–Crippen LogP) is 3.32. The topological polar surface area (TPSA) is 137 Å². The zero-order valence-electron chi connectivity index (χ0n) is 15.2. The lowest BCUT2D eigenvalue weighted by atomic mass is 10.2. The van der Waals surface area contributed by atoms with E-state index in [1.54, 1.807) is 48.5 Å². The average molecular weight is 384 g/mol. The number of nitriles is 2. The summed E-state index contributed by atoms with van der Waals surface area (Å²) >= 11 is 0. The van der Waals surface area contributed by atoms with E-state index >= 15 is 0 Å². The SMILES string of the molecule is N#CCNC(=O)c1ccc(Nc2cc(N)c(C#N)c(Oc3ccccc3)n2)cc1. The fourth-order valence-corrected chi connectivity index (χ4v) is 2.47. The lowest BCUT2D eigenvalue weighted by molar-refractivity contribution is 0.0958. The fourth-order valence-electron chi connectivity index (χ4n) is 2.47. The van der Waals surface area contributed by atoms with E-state index in [0.717, 1.165) is 0 Å². The number of ether oxygens (including phenoxy) is 1. The number of pyridine rings is 1. The molecule has 8 heteroatoms. The summed E-state index contributed by atoms with van der Waals surface area (Å²) in [6.07, 6.45) is 0. The van der Waals surface area contributed by atoms with Crippen LogP contribution >= 0.6 is 0 Å². The number of benzene rings is 2. The van der Waals surface area contributed by atoms with Gasteiger partial charge in [0.05, 0.1) is 11.8 Å². The van der Waals surface area contributed by atoms with Crippen molar-refractivity contribution >= 4 is 23.1 Å². The second-order valence-electron chi connectivity index (χ2n) is 5.85. The number of hydrogen-bond acceptors (Lipinski definition) is 7. The first-order valence-electron chi connectivity index (χ1n) is 8.56. The molecule has 0 fully saturated rings. The van der Waals surface area contributed by atoms with E-state index in [9.17, 15) is 10.1 Å². The minimum absolute atomic E-state index is 0.0581. The summed E-state index contributed by atoms with van der Waals surface area (Å²) in [4.78, 5) is 16.2. The number of rotatable bonds is 6. The molecule has 0 spiro atoms. The number of amides is 1. The second kappa shape index (κ2) is 8.89. The van der Waals surface area contributed by atoms with Gasteiger partial charge in [0.25, 0.3) is 5.91 Å². The Morgan fingerprint density at radius 1 is 1.10 bits per heavy atom. The van der Waals surface area contributed by atoms with Gasteiger partial charge in [-0.15, -0.1) is 0 Å². The lowest BCUT2D eigenvalue weighted by Gasteiger charge is -2.12. The molecule has 1 amide bonds. The van der Waals surface area contributed by atoms with Gasteiger partial charge < -0.3 is 21.1 Å². The fraction of sp³-hybridized carbons (Fsp3) is 0.0476. The van der Waals surface area contributed by atoms with Gasteiger partial charge in [0.15, 0.2) is 0 Å². The zero-order chi connectivity index (χ0) is 20.6. The Labute approximate surface area is 167 Å². The van der Waals surface area contributed by atoms with Crippen molar-refractivity contribution in [1.29, 1.82) is 10.5 Å². The van der Waals surface area contributed by atoms with Crippen molar-refractivity contribution in [2.24, 2.45) is 0 Å². The molecule has 0 saturated carbocycles. The highest BCUT2D eigenvalue weighted by atomic mass is 16.5. The Kier molecular flexibility index (Phi) is 5.89. The number of carbonyl (C=O) groups is 1. The molecule has 0 saturated heterocycles. The molecule has 3 aromatic rings. The van der Waals surface area contributed by atoms with E-state index in [2.05, 4.69) is 15.6 Å². The highest BCUT2D eigenvalue weighted by Gasteiger charge is 2.13. The third-order valence-electron chi connectivity index (χ3n) is 3.83. The molecule has 1 heterocycles. The minimum atomic E-state index is -0.336. The molecule has 0 unspecified atom stereocenters. The third-order valence-corrected chi connectivity index (χ3v) is 3.83. The summed E-state index contributed by atoms with van der Waals surface area (Å²) in [5.74, 6) is 0.668. The number of nitrogen functional groups attached to an aromatic ring is 1. The summed E-state index contributed by atoms with van der Waals surface area (Å²) in [7, 11) is 0. The Hall–Kier alpha value is -4.56. The molecule has 142 valence electrons. The maximum Gasteiger partial charge on any atom is 0.252 e. The van der Waals surface area contributed by atoms with Crippen LogP contribution in [0.2, 0.25) is 0 Å². The molecule has 0 aliphatic rings. The average Bonchev–Trinajstić information content (AvgIpc) is 2.73. The number of aromatic nitrogens is 1. The Bertz CT molecular complexity index is 1100. The van der Waals surface area contributed by atoms with Gasteiger partial charge in [-0.25, -0.2) is 0 Å². The maximum absolute atomic E-state index is 11.8. The first kappa shape index (κ1) is 19.2. The van der Waals surface area contributed by atoms with Crippen LogP contribution in [0.4, 0.5) is 17.2 Å². The first-order valence-corrected chi connectivity index (χ1v) is 8.56. The smallest absolute Gasteiger partial charge is 0.252 e. The van der Waals surface area contributed by atoms with Gasteiger partial charge in [-0.3, -0.25) is 4.79 Å². The number of nitrogens with zero attached hydrogens (tertiary/aromatic N) is 3. The van der Waals surface area contributed by atoms with Crippen LogP contribution in [-0.4, -0.2) is 17.4 Å². The summed E-state index contributed by atoms with van der Waals surface area (Å²) in [5.41, 5.74) is 7.44. The van der Waals surface area contributed by atoms with Crippen molar-refractivity contribution in [2.45, 2.75) is 0 Å². The van der Waals surface area contributed by atoms with Crippen LogP contribution in [0.3, 0.4) is 0 Å². The number of nitrogens with one attached hydrogen (secondary N) is 2. The molecule has 1 aromatic heterocycles. The normalized spacial score (nSPS) is 9.72. The van der Waals surface area contributed by atoms with Gasteiger partial charge in [-0.2, -0.15) is 15.5 Å². The van der Waals surface area contributed by atoms with Crippen molar-refractivity contribution in [2.75, 3.05) is 17.6 Å². The number of carbonyl (C=O) groups excluding carboxylic acids is 1. The van der Waals surface area contributed by atoms with Gasteiger partial charge in [-0.1, -0.05) is 18.2 Å². The van der Waals surface area contributed by atoms with E-state index in [4.69, 9.17) is 15.7 Å². The quantitative estimate of drug-likeness (QED) is 0.554. The number of hydrogen-bond donors (Lipinski definition) is 3. The van der Waals surface area contributed by atoms with Crippen molar-refractivity contribution in [3.63, 3.8) is 0 Å². The van der Waals surface area contributed by atoms with Gasteiger partial charge >= 0.3 is 0 Å². The molecule has 0 bridgehead atoms. The Morgan fingerprint density at radius 3 is 2.48 bits per heavy atom. The lowest BCUT2D eigenvalue weighted by Crippen LogP contribution is -2.23. The maximum atomic E-state index is 11.8. The molecule has 2 aromatic carbocycles. The van der Waals surface area contributed by atoms with Gasteiger partial charge in [0.2, 0.25) is 5.88 Å². The minimum Gasteiger partial charge on any atom is -0.438 e. The van der Waals surface area contributed by atoms with Crippen molar-refractivity contribution in [3.8, 4) is 23.8 Å². The van der Waals surface area contributed by atoms with E-state index in [0.29, 0.717) is 22.8 Å². The van der Waals surface area contributed by atoms with Crippen LogP contribution in [-0.2, 0) is 0 Å². The molecule has 0 radical (unpaired) electrons. The third kappa shape index (κ3) is 4.79. The summed E-state index contributed by atoms with van der Waals surface area (Å²) in [6, 6.07) is 20.9. The number of anilines is 3. The summed E-state index contributed by atoms with van der Waals surface area (Å²) < 4.78 is 5.71. The van der Waals surface area contributed by atoms with Crippen LogP contribution < -0.4 is 21.1 Å². The summed E-state index contributed by atoms with van der Waals surface area (Å²) in [6.45, 7) is -0.0581. The summed E-state index contributed by atoms with van der Waals surface area (Å²) in [5, 5.41) is 23.4. The first-order chi connectivity index (χ1) is 14.1. The monoisotopic (exact) mass is 384 g/mol. The van der Waals surface area contributed by atoms with Gasteiger partial charge in [-0.05, 0) is 36.4 Å². The largest absolute Gasteiger partial charge is 0.438 e. The van der Waals surface area contributed by atoms with E-state index in [1.165, 1.54) is 6.07 Å². The molecule has 3 rings (SSSR count). The molecule has 8 nitrogen and oxygen atoms in total. The van der Waals surface area contributed by atoms with Crippen LogP contribution in [0, 0.1) is 22.7 Å². The van der Waals surface area contributed by atoms with E-state index < -0.39 is 0 Å².